The van der Waals surface area contributed by atoms with Gasteiger partial charge in [-0.25, -0.2) is 8.42 Å². The Morgan fingerprint density at radius 2 is 1.77 bits per heavy atom. The first-order valence-electron chi connectivity index (χ1n) is 10.4. The van der Waals surface area contributed by atoms with Crippen molar-refractivity contribution in [2.45, 2.75) is 31.1 Å². The first kappa shape index (κ1) is 20.6. The lowest BCUT2D eigenvalue weighted by atomic mass is 9.98. The average molecular weight is 423 g/mol. The van der Waals surface area contributed by atoms with Gasteiger partial charge in [0.15, 0.2) is 0 Å². The van der Waals surface area contributed by atoms with Crippen molar-refractivity contribution in [1.29, 1.82) is 0 Å². The molecule has 1 atom stereocenters. The first-order valence-corrected chi connectivity index (χ1v) is 11.8. The van der Waals surface area contributed by atoms with Crippen LogP contribution in [0.15, 0.2) is 71.6 Å². The third kappa shape index (κ3) is 4.25. The van der Waals surface area contributed by atoms with Crippen molar-refractivity contribution in [3.05, 3.63) is 72.3 Å². The van der Waals surface area contributed by atoms with Gasteiger partial charge >= 0.3 is 0 Å². The lowest BCUT2D eigenvalue weighted by Crippen LogP contribution is -2.43. The number of benzene rings is 3. The monoisotopic (exact) mass is 422 g/mol. The maximum atomic E-state index is 13.2. The molecule has 0 aliphatic carbocycles. The largest absolute Gasteiger partial charge is 0.326 e. The molecule has 5 nitrogen and oxygen atoms in total. The lowest BCUT2D eigenvalue weighted by Gasteiger charge is -2.31. The zero-order valence-electron chi connectivity index (χ0n) is 17.0. The Morgan fingerprint density at radius 1 is 1.03 bits per heavy atom. The predicted molar refractivity (Wildman–Crippen MR) is 120 cm³/mol. The molecule has 0 bridgehead atoms. The lowest BCUT2D eigenvalue weighted by molar-refractivity contribution is -0.120. The van der Waals surface area contributed by atoms with Crippen LogP contribution in [0.1, 0.15) is 25.3 Å². The second-order valence-electron chi connectivity index (χ2n) is 7.75. The van der Waals surface area contributed by atoms with Crippen LogP contribution in [0.25, 0.3) is 10.8 Å². The van der Waals surface area contributed by atoms with E-state index in [1.54, 1.807) is 12.1 Å². The molecule has 1 N–H and O–H groups in total. The molecule has 1 heterocycles. The maximum absolute atomic E-state index is 13.2. The standard InChI is InChI=1S/C24H26N2O3S/c1-2-18-9-12-22(13-10-18)25-24(27)21-8-5-15-26(17-21)30(28,29)23-14-11-19-6-3-4-7-20(19)16-23/h3-4,6-7,9-14,16,21H,2,5,8,15,17H2,1H3,(H,25,27)/t21-/m0/s1. The molecule has 1 saturated heterocycles. The minimum atomic E-state index is -3.65. The van der Waals surface area contributed by atoms with E-state index in [4.69, 9.17) is 0 Å². The Labute approximate surface area is 177 Å². The van der Waals surface area contributed by atoms with Crippen molar-refractivity contribution < 1.29 is 13.2 Å². The molecule has 3 aromatic rings. The van der Waals surface area contributed by atoms with Gasteiger partial charge in [-0.3, -0.25) is 4.79 Å². The number of sulfonamides is 1. The van der Waals surface area contributed by atoms with Crippen molar-refractivity contribution in [2.24, 2.45) is 5.92 Å². The maximum Gasteiger partial charge on any atom is 0.243 e. The van der Waals surface area contributed by atoms with E-state index in [9.17, 15) is 13.2 Å². The summed E-state index contributed by atoms with van der Waals surface area (Å²) < 4.78 is 27.9. The quantitative estimate of drug-likeness (QED) is 0.661. The molecule has 3 aromatic carbocycles. The number of fused-ring (bicyclic) bond motifs is 1. The van der Waals surface area contributed by atoms with E-state index in [1.165, 1.54) is 9.87 Å². The van der Waals surface area contributed by atoms with Gasteiger partial charge in [0.05, 0.1) is 10.8 Å². The molecule has 1 aliphatic rings. The highest BCUT2D eigenvalue weighted by atomic mass is 32.2. The molecule has 30 heavy (non-hydrogen) atoms. The summed E-state index contributed by atoms with van der Waals surface area (Å²) in [6.07, 6.45) is 2.29. The summed E-state index contributed by atoms with van der Waals surface area (Å²) in [5.41, 5.74) is 1.95. The van der Waals surface area contributed by atoms with Crippen molar-refractivity contribution in [2.75, 3.05) is 18.4 Å². The molecule has 0 saturated carbocycles. The van der Waals surface area contributed by atoms with Gasteiger partial charge < -0.3 is 5.32 Å². The average Bonchev–Trinajstić information content (AvgIpc) is 2.79. The molecular formula is C24H26N2O3S. The SMILES string of the molecule is CCc1ccc(NC(=O)[C@H]2CCCN(S(=O)(=O)c3ccc4ccccc4c3)C2)cc1. The molecule has 0 unspecified atom stereocenters. The smallest absolute Gasteiger partial charge is 0.243 e. The Kier molecular flexibility index (Phi) is 5.88. The van der Waals surface area contributed by atoms with Gasteiger partial charge in [0, 0.05) is 18.8 Å². The molecule has 6 heteroatoms. The Morgan fingerprint density at radius 3 is 2.50 bits per heavy atom. The summed E-state index contributed by atoms with van der Waals surface area (Å²) >= 11 is 0. The number of amides is 1. The number of anilines is 1. The van der Waals surface area contributed by atoms with E-state index < -0.39 is 10.0 Å². The third-order valence-electron chi connectivity index (χ3n) is 5.74. The van der Waals surface area contributed by atoms with Crippen LogP contribution in [-0.2, 0) is 21.2 Å². The molecule has 1 aliphatic heterocycles. The number of piperidine rings is 1. The van der Waals surface area contributed by atoms with Crippen LogP contribution in [-0.4, -0.2) is 31.7 Å². The zero-order valence-corrected chi connectivity index (χ0v) is 17.9. The highest BCUT2D eigenvalue weighted by molar-refractivity contribution is 7.89. The minimum absolute atomic E-state index is 0.127. The van der Waals surface area contributed by atoms with Crippen LogP contribution in [0, 0.1) is 5.92 Å². The Bertz CT molecular complexity index is 1160. The van der Waals surface area contributed by atoms with Crippen LogP contribution in [0.3, 0.4) is 0 Å². The van der Waals surface area contributed by atoms with Gasteiger partial charge in [0.25, 0.3) is 0 Å². The van der Waals surface area contributed by atoms with Crippen LogP contribution < -0.4 is 5.32 Å². The van der Waals surface area contributed by atoms with Crippen molar-refractivity contribution in [3.63, 3.8) is 0 Å². The first-order chi connectivity index (χ1) is 14.5. The van der Waals surface area contributed by atoms with E-state index in [-0.39, 0.29) is 23.3 Å². The second kappa shape index (κ2) is 8.58. The van der Waals surface area contributed by atoms with Crippen molar-refractivity contribution in [3.8, 4) is 0 Å². The summed E-state index contributed by atoms with van der Waals surface area (Å²) in [4.78, 5) is 13.0. The molecule has 156 valence electrons. The predicted octanol–water partition coefficient (Wildman–Crippen LogP) is 4.44. The summed E-state index contributed by atoms with van der Waals surface area (Å²) in [7, 11) is -3.65. The highest BCUT2D eigenvalue weighted by Gasteiger charge is 2.33. The van der Waals surface area contributed by atoms with Gasteiger partial charge in [-0.15, -0.1) is 0 Å². The number of carbonyl (C=O) groups is 1. The number of hydrogen-bond donors (Lipinski definition) is 1. The molecule has 0 radical (unpaired) electrons. The van der Waals surface area contributed by atoms with E-state index in [1.807, 2.05) is 54.6 Å². The van der Waals surface area contributed by atoms with E-state index in [2.05, 4.69) is 12.2 Å². The topological polar surface area (TPSA) is 66.5 Å². The molecular weight excluding hydrogens is 396 g/mol. The Balaban J connectivity index is 1.49. The van der Waals surface area contributed by atoms with Crippen molar-refractivity contribution in [1.82, 2.24) is 4.31 Å². The fourth-order valence-corrected chi connectivity index (χ4v) is 5.48. The van der Waals surface area contributed by atoms with Crippen LogP contribution in [0.5, 0.6) is 0 Å². The normalized spacial score (nSPS) is 17.7. The number of hydrogen-bond acceptors (Lipinski definition) is 3. The van der Waals surface area contributed by atoms with Crippen LogP contribution in [0.4, 0.5) is 5.69 Å². The number of nitrogens with zero attached hydrogens (tertiary/aromatic N) is 1. The molecule has 1 fully saturated rings. The van der Waals surface area contributed by atoms with E-state index >= 15 is 0 Å². The molecule has 0 aromatic heterocycles. The molecule has 0 spiro atoms. The molecule has 1 amide bonds. The number of aryl methyl sites for hydroxylation is 1. The van der Waals surface area contributed by atoms with E-state index in [0.29, 0.717) is 19.4 Å². The van der Waals surface area contributed by atoms with Gasteiger partial charge in [-0.1, -0.05) is 49.4 Å². The highest BCUT2D eigenvalue weighted by Crippen LogP contribution is 2.27. The third-order valence-corrected chi connectivity index (χ3v) is 7.60. The fourth-order valence-electron chi connectivity index (χ4n) is 3.92. The number of carbonyl (C=O) groups excluding carboxylic acids is 1. The minimum Gasteiger partial charge on any atom is -0.326 e. The second-order valence-corrected chi connectivity index (χ2v) is 9.69. The van der Waals surface area contributed by atoms with Gasteiger partial charge in [0.2, 0.25) is 15.9 Å². The van der Waals surface area contributed by atoms with Crippen LogP contribution >= 0.6 is 0 Å². The molecule has 4 rings (SSSR count). The van der Waals surface area contributed by atoms with Gasteiger partial charge in [-0.05, 0) is 59.9 Å². The van der Waals surface area contributed by atoms with Gasteiger partial charge in [0.1, 0.15) is 0 Å². The van der Waals surface area contributed by atoms with E-state index in [0.717, 1.165) is 22.9 Å². The number of rotatable bonds is 5. The van der Waals surface area contributed by atoms with Crippen molar-refractivity contribution >= 4 is 32.4 Å². The zero-order chi connectivity index (χ0) is 21.1. The Hall–Kier alpha value is -2.70. The fraction of sp³-hybridized carbons (Fsp3) is 0.292. The number of nitrogens with one attached hydrogen (secondary N) is 1. The van der Waals surface area contributed by atoms with Gasteiger partial charge in [-0.2, -0.15) is 4.31 Å². The summed E-state index contributed by atoms with van der Waals surface area (Å²) in [5, 5.41) is 4.83. The summed E-state index contributed by atoms with van der Waals surface area (Å²) in [6, 6.07) is 20.7. The summed E-state index contributed by atoms with van der Waals surface area (Å²) in [6.45, 7) is 2.72. The summed E-state index contributed by atoms with van der Waals surface area (Å²) in [5.74, 6) is -0.488. The van der Waals surface area contributed by atoms with Crippen LogP contribution in [0.2, 0.25) is 0 Å².